The molecule has 0 fully saturated rings. The van der Waals surface area contributed by atoms with E-state index in [9.17, 15) is 9.90 Å². The average Bonchev–Trinajstić information content (AvgIpc) is 3.11. The summed E-state index contributed by atoms with van der Waals surface area (Å²) in [6.45, 7) is 1.97. The van der Waals surface area contributed by atoms with Crippen molar-refractivity contribution < 1.29 is 14.3 Å². The molecule has 0 bridgehead atoms. The van der Waals surface area contributed by atoms with E-state index in [-0.39, 0.29) is 16.8 Å². The van der Waals surface area contributed by atoms with Gasteiger partial charge in [0.1, 0.15) is 11.3 Å². The van der Waals surface area contributed by atoms with Gasteiger partial charge in [-0.3, -0.25) is 10.1 Å². The first kappa shape index (κ1) is 20.1. The summed E-state index contributed by atoms with van der Waals surface area (Å²) < 4.78 is 6.44. The summed E-state index contributed by atoms with van der Waals surface area (Å²) in [7, 11) is 0. The number of benzene rings is 3. The van der Waals surface area contributed by atoms with Gasteiger partial charge in [0.15, 0.2) is 10.7 Å². The normalized spacial score (nSPS) is 10.7. The van der Waals surface area contributed by atoms with Crippen molar-refractivity contribution in [3.05, 3.63) is 76.3 Å². The quantitative estimate of drug-likeness (QED) is 0.339. The molecule has 1 heterocycles. The second-order valence-corrected chi connectivity index (χ2v) is 7.87. The number of nitrogens with zero attached hydrogens (tertiary/aromatic N) is 1. The third kappa shape index (κ3) is 4.19. The number of amides is 1. The number of oxazole rings is 1. The first-order valence-corrected chi connectivity index (χ1v) is 10.2. The van der Waals surface area contributed by atoms with Crippen molar-refractivity contribution in [1.29, 1.82) is 0 Å². The van der Waals surface area contributed by atoms with Gasteiger partial charge in [-0.25, -0.2) is 4.98 Å². The van der Waals surface area contributed by atoms with Crippen LogP contribution in [0.5, 0.6) is 5.75 Å². The zero-order chi connectivity index (χ0) is 21.3. The molecular weight excluding hydrogens is 466 g/mol. The predicted octanol–water partition coefficient (Wildman–Crippen LogP) is 5.40. The number of carbonyl (C=O) groups excluding carboxylic acids is 1. The molecule has 0 unspecified atom stereocenters. The molecule has 3 N–H and O–H groups in total. The molecule has 1 amide bonds. The fraction of sp³-hybridized carbons (Fsp3) is 0.0455. The third-order valence-electron chi connectivity index (χ3n) is 4.38. The minimum Gasteiger partial charge on any atom is -0.507 e. The van der Waals surface area contributed by atoms with Gasteiger partial charge >= 0.3 is 0 Å². The zero-order valence-electron chi connectivity index (χ0n) is 15.8. The second kappa shape index (κ2) is 8.25. The van der Waals surface area contributed by atoms with E-state index in [2.05, 4.69) is 31.5 Å². The Morgan fingerprint density at radius 2 is 1.93 bits per heavy atom. The molecule has 0 aliphatic heterocycles. The largest absolute Gasteiger partial charge is 0.507 e. The number of anilines is 1. The molecule has 4 rings (SSSR count). The maximum absolute atomic E-state index is 12.3. The number of phenols is 1. The van der Waals surface area contributed by atoms with E-state index in [1.807, 2.05) is 31.2 Å². The van der Waals surface area contributed by atoms with Gasteiger partial charge in [0.05, 0.1) is 11.1 Å². The topological polar surface area (TPSA) is 87.4 Å². The summed E-state index contributed by atoms with van der Waals surface area (Å²) in [4.78, 5) is 16.8. The molecule has 0 saturated carbocycles. The molecule has 0 aliphatic carbocycles. The maximum Gasteiger partial charge on any atom is 0.258 e. The summed E-state index contributed by atoms with van der Waals surface area (Å²) in [5.41, 5.74) is 3.87. The highest BCUT2D eigenvalue weighted by atomic mass is 79.9. The number of aromatic nitrogens is 1. The standard InChI is InChI=1S/C22H16BrN3O3S/c1-12-6-9-17-19(10-12)29-21(25-17)15-8-7-13(11-18(15)27)24-22(30)26-20(28)14-4-2-3-5-16(14)23/h2-11,27H,1H3,(H2,24,26,28,30). The van der Waals surface area contributed by atoms with Gasteiger partial charge in [-0.15, -0.1) is 0 Å². The van der Waals surface area contributed by atoms with Crippen molar-refractivity contribution in [1.82, 2.24) is 10.3 Å². The van der Waals surface area contributed by atoms with Crippen LogP contribution < -0.4 is 10.6 Å². The van der Waals surface area contributed by atoms with Crippen molar-refractivity contribution in [2.24, 2.45) is 0 Å². The summed E-state index contributed by atoms with van der Waals surface area (Å²) in [6, 6.07) is 17.6. The number of carbonyl (C=O) groups is 1. The van der Waals surface area contributed by atoms with E-state index in [0.29, 0.717) is 38.3 Å². The molecule has 0 saturated heterocycles. The summed E-state index contributed by atoms with van der Waals surface area (Å²) in [5.74, 6) is -0.0461. The van der Waals surface area contributed by atoms with Crippen LogP contribution in [0.2, 0.25) is 0 Å². The first-order valence-electron chi connectivity index (χ1n) is 8.98. The van der Waals surface area contributed by atoms with Gasteiger partial charge in [-0.2, -0.15) is 0 Å². The first-order chi connectivity index (χ1) is 14.4. The molecule has 30 heavy (non-hydrogen) atoms. The smallest absolute Gasteiger partial charge is 0.258 e. The van der Waals surface area contributed by atoms with Gasteiger partial charge < -0.3 is 14.8 Å². The van der Waals surface area contributed by atoms with Crippen LogP contribution in [0.15, 0.2) is 69.6 Å². The van der Waals surface area contributed by atoms with E-state index in [1.54, 1.807) is 30.3 Å². The molecule has 8 heteroatoms. The Bertz CT molecular complexity index is 1290. The maximum atomic E-state index is 12.3. The molecule has 3 aromatic carbocycles. The monoisotopic (exact) mass is 481 g/mol. The number of thiocarbonyl (C=S) groups is 1. The molecule has 4 aromatic rings. The number of halogens is 1. The van der Waals surface area contributed by atoms with Crippen LogP contribution in [0.4, 0.5) is 5.69 Å². The molecule has 0 radical (unpaired) electrons. The Labute approximate surface area is 186 Å². The Kier molecular flexibility index (Phi) is 5.52. The van der Waals surface area contributed by atoms with Crippen molar-refractivity contribution in [3.8, 4) is 17.2 Å². The molecule has 1 aromatic heterocycles. The minimum atomic E-state index is -0.345. The predicted molar refractivity (Wildman–Crippen MR) is 124 cm³/mol. The lowest BCUT2D eigenvalue weighted by Crippen LogP contribution is -2.34. The third-order valence-corrected chi connectivity index (χ3v) is 5.27. The number of fused-ring (bicyclic) bond motifs is 1. The fourth-order valence-corrected chi connectivity index (χ4v) is 3.59. The van der Waals surface area contributed by atoms with E-state index in [0.717, 1.165) is 5.56 Å². The summed E-state index contributed by atoms with van der Waals surface area (Å²) in [6.07, 6.45) is 0. The lowest BCUT2D eigenvalue weighted by atomic mass is 10.2. The number of aryl methyl sites for hydroxylation is 1. The molecule has 150 valence electrons. The highest BCUT2D eigenvalue weighted by Gasteiger charge is 2.14. The van der Waals surface area contributed by atoms with Crippen LogP contribution >= 0.6 is 28.1 Å². The minimum absolute atomic E-state index is 0.0248. The van der Waals surface area contributed by atoms with Gasteiger partial charge in [0.25, 0.3) is 5.91 Å². The van der Waals surface area contributed by atoms with Crippen LogP contribution in [0, 0.1) is 6.92 Å². The van der Waals surface area contributed by atoms with Crippen molar-refractivity contribution in [2.45, 2.75) is 6.92 Å². The number of hydrogen-bond donors (Lipinski definition) is 3. The fourth-order valence-electron chi connectivity index (χ4n) is 2.92. The second-order valence-electron chi connectivity index (χ2n) is 6.61. The van der Waals surface area contributed by atoms with Crippen molar-refractivity contribution >= 4 is 56.0 Å². The zero-order valence-corrected chi connectivity index (χ0v) is 18.2. The van der Waals surface area contributed by atoms with Crippen LogP contribution in [0.25, 0.3) is 22.6 Å². The SMILES string of the molecule is Cc1ccc2nc(-c3ccc(NC(=S)NC(=O)c4ccccc4Br)cc3O)oc2c1. The van der Waals surface area contributed by atoms with E-state index < -0.39 is 0 Å². The van der Waals surface area contributed by atoms with Gasteiger partial charge in [0, 0.05) is 16.2 Å². The average molecular weight is 482 g/mol. The van der Waals surface area contributed by atoms with Crippen LogP contribution in [-0.4, -0.2) is 21.1 Å². The van der Waals surface area contributed by atoms with Crippen LogP contribution in [-0.2, 0) is 0 Å². The highest BCUT2D eigenvalue weighted by molar-refractivity contribution is 9.10. The van der Waals surface area contributed by atoms with Gasteiger partial charge in [-0.1, -0.05) is 18.2 Å². The van der Waals surface area contributed by atoms with Crippen molar-refractivity contribution in [3.63, 3.8) is 0 Å². The molecular formula is C22H16BrN3O3S. The lowest BCUT2D eigenvalue weighted by molar-refractivity contribution is 0.0977. The number of rotatable bonds is 3. The van der Waals surface area contributed by atoms with E-state index in [1.165, 1.54) is 6.07 Å². The Morgan fingerprint density at radius 3 is 2.70 bits per heavy atom. The molecule has 0 atom stereocenters. The molecule has 0 spiro atoms. The number of phenolic OH excluding ortho intramolecular Hbond substituents is 1. The number of aromatic hydroxyl groups is 1. The Hall–Kier alpha value is -3.23. The van der Waals surface area contributed by atoms with Gasteiger partial charge in [-0.05, 0) is 77.0 Å². The number of nitrogens with one attached hydrogen (secondary N) is 2. The molecule has 6 nitrogen and oxygen atoms in total. The molecule has 0 aliphatic rings. The van der Waals surface area contributed by atoms with Gasteiger partial charge in [0.2, 0.25) is 5.89 Å². The number of hydrogen-bond acceptors (Lipinski definition) is 5. The Balaban J connectivity index is 1.49. The lowest BCUT2D eigenvalue weighted by Gasteiger charge is -2.11. The summed E-state index contributed by atoms with van der Waals surface area (Å²) >= 11 is 8.55. The van der Waals surface area contributed by atoms with Crippen LogP contribution in [0.3, 0.4) is 0 Å². The highest BCUT2D eigenvalue weighted by Crippen LogP contribution is 2.33. The van der Waals surface area contributed by atoms with Crippen LogP contribution in [0.1, 0.15) is 15.9 Å². The van der Waals surface area contributed by atoms with Crippen molar-refractivity contribution in [2.75, 3.05) is 5.32 Å². The Morgan fingerprint density at radius 1 is 1.13 bits per heavy atom. The van der Waals surface area contributed by atoms with E-state index >= 15 is 0 Å². The van der Waals surface area contributed by atoms with E-state index in [4.69, 9.17) is 16.6 Å². The summed E-state index contributed by atoms with van der Waals surface area (Å²) in [5, 5.41) is 16.1.